The molecule has 5 heteroatoms. The van der Waals surface area contributed by atoms with Crippen LogP contribution in [0, 0.1) is 0 Å². The van der Waals surface area contributed by atoms with Crippen LogP contribution in [0.25, 0.3) is 11.4 Å². The first-order valence-corrected chi connectivity index (χ1v) is 7.69. The predicted molar refractivity (Wildman–Crippen MR) is 83.1 cm³/mol. The van der Waals surface area contributed by atoms with Crippen molar-refractivity contribution in [3.05, 3.63) is 30.4 Å². The van der Waals surface area contributed by atoms with E-state index in [-0.39, 0.29) is 0 Å². The molecule has 0 bridgehead atoms. The minimum atomic E-state index is 0.323. The molecule has 1 aliphatic heterocycles. The SMILES string of the molecule is CC(C)n1nccc1-c1cnc(C2CCCN(C)C2)cn1. The fourth-order valence-corrected chi connectivity index (χ4v) is 3.02. The molecule has 21 heavy (non-hydrogen) atoms. The van der Waals surface area contributed by atoms with Gasteiger partial charge in [-0.1, -0.05) is 0 Å². The first-order valence-electron chi connectivity index (χ1n) is 7.69. The van der Waals surface area contributed by atoms with Crippen LogP contribution in [-0.4, -0.2) is 44.8 Å². The molecule has 1 unspecified atom stereocenters. The molecule has 5 nitrogen and oxygen atoms in total. The Hall–Kier alpha value is -1.75. The Morgan fingerprint density at radius 2 is 2.10 bits per heavy atom. The molecule has 0 N–H and O–H groups in total. The maximum atomic E-state index is 4.66. The van der Waals surface area contributed by atoms with Gasteiger partial charge in [0.15, 0.2) is 0 Å². The van der Waals surface area contributed by atoms with Crippen molar-refractivity contribution in [1.82, 2.24) is 24.6 Å². The number of hydrogen-bond donors (Lipinski definition) is 0. The molecule has 112 valence electrons. The maximum absolute atomic E-state index is 4.66. The van der Waals surface area contributed by atoms with Gasteiger partial charge < -0.3 is 4.90 Å². The van der Waals surface area contributed by atoms with Crippen molar-refractivity contribution in [3.63, 3.8) is 0 Å². The Kier molecular flexibility index (Phi) is 4.01. The molecule has 0 amide bonds. The average Bonchev–Trinajstić information content (AvgIpc) is 2.97. The van der Waals surface area contributed by atoms with Crippen molar-refractivity contribution in [1.29, 1.82) is 0 Å². The van der Waals surface area contributed by atoms with E-state index in [2.05, 4.69) is 40.9 Å². The van der Waals surface area contributed by atoms with Crippen LogP contribution in [0.3, 0.4) is 0 Å². The van der Waals surface area contributed by atoms with Crippen LogP contribution in [-0.2, 0) is 0 Å². The first kappa shape index (κ1) is 14.2. The van der Waals surface area contributed by atoms with E-state index in [1.54, 1.807) is 0 Å². The molecule has 0 aromatic carbocycles. The zero-order valence-corrected chi connectivity index (χ0v) is 13.0. The molecule has 0 spiro atoms. The maximum Gasteiger partial charge on any atom is 0.107 e. The lowest BCUT2D eigenvalue weighted by Gasteiger charge is -2.29. The predicted octanol–water partition coefficient (Wildman–Crippen LogP) is 2.73. The van der Waals surface area contributed by atoms with Crippen LogP contribution in [0.2, 0.25) is 0 Å². The number of rotatable bonds is 3. The van der Waals surface area contributed by atoms with Crippen LogP contribution in [0.4, 0.5) is 0 Å². The molecular formula is C16H23N5. The Bertz CT molecular complexity index is 587. The molecule has 3 heterocycles. The second-order valence-electron chi connectivity index (χ2n) is 6.18. The lowest BCUT2D eigenvalue weighted by atomic mass is 9.95. The highest BCUT2D eigenvalue weighted by Gasteiger charge is 2.20. The number of hydrogen-bond acceptors (Lipinski definition) is 4. The van der Waals surface area contributed by atoms with Gasteiger partial charge >= 0.3 is 0 Å². The van der Waals surface area contributed by atoms with Gasteiger partial charge in [-0.3, -0.25) is 14.6 Å². The van der Waals surface area contributed by atoms with Crippen molar-refractivity contribution < 1.29 is 0 Å². The Balaban J connectivity index is 1.82. The van der Waals surface area contributed by atoms with Gasteiger partial charge in [-0.2, -0.15) is 5.10 Å². The quantitative estimate of drug-likeness (QED) is 0.870. The van der Waals surface area contributed by atoms with E-state index in [1.807, 2.05) is 29.3 Å². The van der Waals surface area contributed by atoms with Gasteiger partial charge in [0.05, 0.1) is 17.6 Å². The molecule has 0 saturated carbocycles. The summed E-state index contributed by atoms with van der Waals surface area (Å²) in [5.74, 6) is 0.514. The van der Waals surface area contributed by atoms with Crippen molar-refractivity contribution in [3.8, 4) is 11.4 Å². The third-order valence-electron chi connectivity index (χ3n) is 4.14. The smallest absolute Gasteiger partial charge is 0.107 e. The van der Waals surface area contributed by atoms with E-state index in [1.165, 1.54) is 19.4 Å². The highest BCUT2D eigenvalue weighted by molar-refractivity contribution is 5.52. The summed E-state index contributed by atoms with van der Waals surface area (Å²) >= 11 is 0. The highest BCUT2D eigenvalue weighted by atomic mass is 15.3. The number of likely N-dealkylation sites (tertiary alicyclic amines) is 1. The van der Waals surface area contributed by atoms with E-state index in [0.717, 1.165) is 23.6 Å². The molecule has 1 aliphatic rings. The molecular weight excluding hydrogens is 262 g/mol. The summed E-state index contributed by atoms with van der Waals surface area (Å²) in [7, 11) is 2.18. The normalized spacial score (nSPS) is 20.1. The molecule has 1 atom stereocenters. The van der Waals surface area contributed by atoms with Gasteiger partial charge in [-0.25, -0.2) is 0 Å². The molecule has 0 aliphatic carbocycles. The average molecular weight is 285 g/mol. The third kappa shape index (κ3) is 2.97. The van der Waals surface area contributed by atoms with Crippen LogP contribution in [0.1, 0.15) is 44.3 Å². The lowest BCUT2D eigenvalue weighted by molar-refractivity contribution is 0.248. The van der Waals surface area contributed by atoms with Gasteiger partial charge in [-0.15, -0.1) is 0 Å². The Morgan fingerprint density at radius 1 is 1.24 bits per heavy atom. The Morgan fingerprint density at radius 3 is 2.76 bits per heavy atom. The van der Waals surface area contributed by atoms with Crippen molar-refractivity contribution >= 4 is 0 Å². The summed E-state index contributed by atoms with van der Waals surface area (Å²) in [6.45, 7) is 6.51. The first-order chi connectivity index (χ1) is 10.1. The van der Waals surface area contributed by atoms with Crippen LogP contribution in [0.15, 0.2) is 24.7 Å². The third-order valence-corrected chi connectivity index (χ3v) is 4.14. The molecule has 2 aromatic rings. The second-order valence-corrected chi connectivity index (χ2v) is 6.18. The van der Waals surface area contributed by atoms with Gasteiger partial charge in [0, 0.05) is 30.9 Å². The number of likely N-dealkylation sites (N-methyl/N-ethyl adjacent to an activating group) is 1. The van der Waals surface area contributed by atoms with Crippen LogP contribution in [0.5, 0.6) is 0 Å². The summed E-state index contributed by atoms with van der Waals surface area (Å²) in [5, 5.41) is 4.36. The van der Waals surface area contributed by atoms with Gasteiger partial charge in [-0.05, 0) is 46.3 Å². The standard InChI is InChI=1S/C16H23N5/c1-12(2)21-16(6-7-19-21)15-10-17-14(9-18-15)13-5-4-8-20(3)11-13/h6-7,9-10,12-13H,4-5,8,11H2,1-3H3. The molecule has 0 radical (unpaired) electrons. The molecule has 1 saturated heterocycles. The highest BCUT2D eigenvalue weighted by Crippen LogP contribution is 2.25. The van der Waals surface area contributed by atoms with Gasteiger partial charge in [0.1, 0.15) is 5.69 Å². The summed E-state index contributed by atoms with van der Waals surface area (Å²) in [6.07, 6.45) is 8.10. The Labute approximate surface area is 126 Å². The second kappa shape index (κ2) is 5.93. The monoisotopic (exact) mass is 285 g/mol. The van der Waals surface area contributed by atoms with Crippen LogP contribution < -0.4 is 0 Å². The summed E-state index contributed by atoms with van der Waals surface area (Å²) < 4.78 is 1.98. The van der Waals surface area contributed by atoms with E-state index in [4.69, 9.17) is 0 Å². The molecule has 3 rings (SSSR count). The fraction of sp³-hybridized carbons (Fsp3) is 0.562. The van der Waals surface area contributed by atoms with E-state index < -0.39 is 0 Å². The molecule has 1 fully saturated rings. The largest absolute Gasteiger partial charge is 0.306 e. The van der Waals surface area contributed by atoms with Gasteiger partial charge in [0.2, 0.25) is 0 Å². The summed E-state index contributed by atoms with van der Waals surface area (Å²) in [5.41, 5.74) is 3.04. The number of nitrogens with zero attached hydrogens (tertiary/aromatic N) is 5. The van der Waals surface area contributed by atoms with Crippen molar-refractivity contribution in [2.45, 2.75) is 38.6 Å². The number of aromatic nitrogens is 4. The minimum Gasteiger partial charge on any atom is -0.306 e. The molecule has 2 aromatic heterocycles. The fourth-order valence-electron chi connectivity index (χ4n) is 3.02. The summed E-state index contributed by atoms with van der Waals surface area (Å²) in [6, 6.07) is 2.32. The zero-order valence-electron chi connectivity index (χ0n) is 13.0. The number of piperidine rings is 1. The van der Waals surface area contributed by atoms with Crippen molar-refractivity contribution in [2.24, 2.45) is 0 Å². The zero-order chi connectivity index (χ0) is 14.8. The summed E-state index contributed by atoms with van der Waals surface area (Å²) in [4.78, 5) is 11.7. The van der Waals surface area contributed by atoms with Gasteiger partial charge in [0.25, 0.3) is 0 Å². The van der Waals surface area contributed by atoms with E-state index in [0.29, 0.717) is 12.0 Å². The lowest BCUT2D eigenvalue weighted by Crippen LogP contribution is -2.31. The van der Waals surface area contributed by atoms with Crippen LogP contribution >= 0.6 is 0 Å². The minimum absolute atomic E-state index is 0.323. The topological polar surface area (TPSA) is 46.8 Å². The van der Waals surface area contributed by atoms with Crippen molar-refractivity contribution in [2.75, 3.05) is 20.1 Å². The van der Waals surface area contributed by atoms with E-state index in [9.17, 15) is 0 Å². The van der Waals surface area contributed by atoms with E-state index >= 15 is 0 Å².